The van der Waals surface area contributed by atoms with Gasteiger partial charge >= 0.3 is 0 Å². The van der Waals surface area contributed by atoms with Crippen LogP contribution < -0.4 is 10.2 Å². The Labute approximate surface area is 201 Å². The lowest BCUT2D eigenvalue weighted by Crippen LogP contribution is -2.33. The smallest absolute Gasteiger partial charge is 0.260 e. The number of anilines is 2. The number of nitrogens with one attached hydrogen (secondary N) is 3. The Morgan fingerprint density at radius 2 is 1.94 bits per heavy atom. The van der Waals surface area contributed by atoms with E-state index < -0.39 is 24.2 Å². The van der Waals surface area contributed by atoms with E-state index in [1.54, 1.807) is 18.2 Å². The van der Waals surface area contributed by atoms with Gasteiger partial charge in [-0.25, -0.2) is 13.8 Å². The number of rotatable bonds is 4. The van der Waals surface area contributed by atoms with Gasteiger partial charge < -0.3 is 15.2 Å². The molecule has 2 aromatic heterocycles. The zero-order chi connectivity index (χ0) is 22.7. The number of nitrogens with zero attached hydrogens (tertiary/aromatic N) is 3. The SMILES string of the molecule is O=C(Nc1ccc2[nH]nc(-c3nc4ccc(N5CCC(I)CC5)cc4[nH]3)c2c1)C1CC1(F)F. The lowest BCUT2D eigenvalue weighted by molar-refractivity contribution is -0.119. The largest absolute Gasteiger partial charge is 0.371 e. The summed E-state index contributed by atoms with van der Waals surface area (Å²) in [6.07, 6.45) is 1.97. The molecule has 3 heterocycles. The van der Waals surface area contributed by atoms with Crippen molar-refractivity contribution in [1.82, 2.24) is 20.2 Å². The number of aromatic nitrogens is 4. The number of aromatic amines is 2. The zero-order valence-electron chi connectivity index (χ0n) is 17.5. The van der Waals surface area contributed by atoms with Crippen molar-refractivity contribution in [3.05, 3.63) is 36.4 Å². The maximum Gasteiger partial charge on any atom is 0.260 e. The van der Waals surface area contributed by atoms with E-state index in [4.69, 9.17) is 4.98 Å². The van der Waals surface area contributed by atoms with E-state index in [9.17, 15) is 13.6 Å². The van der Waals surface area contributed by atoms with Crippen LogP contribution in [0.3, 0.4) is 0 Å². The summed E-state index contributed by atoms with van der Waals surface area (Å²) in [6.45, 7) is 2.09. The Hall–Kier alpha value is -2.76. The number of hydrogen-bond donors (Lipinski definition) is 3. The van der Waals surface area contributed by atoms with Gasteiger partial charge in [0, 0.05) is 40.2 Å². The van der Waals surface area contributed by atoms with Crippen LogP contribution in [0.2, 0.25) is 0 Å². The van der Waals surface area contributed by atoms with Crippen molar-refractivity contribution >= 4 is 61.8 Å². The second kappa shape index (κ2) is 7.64. The molecule has 10 heteroatoms. The predicted molar refractivity (Wildman–Crippen MR) is 132 cm³/mol. The average Bonchev–Trinajstić information content (AvgIpc) is 3.13. The van der Waals surface area contributed by atoms with E-state index >= 15 is 0 Å². The molecule has 0 bridgehead atoms. The monoisotopic (exact) mass is 562 g/mol. The normalized spacial score (nSPS) is 20.5. The summed E-state index contributed by atoms with van der Waals surface area (Å²) in [6, 6.07) is 11.4. The van der Waals surface area contributed by atoms with Gasteiger partial charge in [0.05, 0.1) is 16.6 Å². The Kier molecular flexibility index (Phi) is 4.82. The molecule has 1 unspecified atom stereocenters. The molecule has 170 valence electrons. The molecule has 2 fully saturated rings. The standard InChI is InChI=1S/C23H21F2IN6O/c24-23(25)11-16(23)22(33)27-13-1-3-17-15(9-13)20(31-30-17)21-28-18-4-2-14(10-19(18)29-21)32-7-5-12(26)6-8-32/h1-4,9-10,12,16H,5-8,11H2,(H,27,33)(H,28,29)(H,30,31). The van der Waals surface area contributed by atoms with Crippen molar-refractivity contribution < 1.29 is 13.6 Å². The molecule has 0 spiro atoms. The Balaban J connectivity index is 1.29. The van der Waals surface area contributed by atoms with Crippen molar-refractivity contribution in [3.8, 4) is 11.5 Å². The fourth-order valence-corrected chi connectivity index (χ4v) is 4.97. The average molecular weight is 562 g/mol. The van der Waals surface area contributed by atoms with Gasteiger partial charge in [0.1, 0.15) is 11.6 Å². The summed E-state index contributed by atoms with van der Waals surface area (Å²) in [4.78, 5) is 22.6. The first-order chi connectivity index (χ1) is 15.9. The molecule has 1 aliphatic carbocycles. The third-order valence-corrected chi connectivity index (χ3v) is 7.70. The molecule has 6 rings (SSSR count). The van der Waals surface area contributed by atoms with Crippen LogP contribution in [-0.4, -0.2) is 49.0 Å². The van der Waals surface area contributed by atoms with Gasteiger partial charge in [-0.1, -0.05) is 22.6 Å². The topological polar surface area (TPSA) is 89.7 Å². The first-order valence-corrected chi connectivity index (χ1v) is 12.2. The van der Waals surface area contributed by atoms with Crippen LogP contribution >= 0.6 is 22.6 Å². The van der Waals surface area contributed by atoms with Crippen LogP contribution in [0.5, 0.6) is 0 Å². The van der Waals surface area contributed by atoms with E-state index in [0.29, 0.717) is 17.2 Å². The molecule has 1 aliphatic heterocycles. The highest BCUT2D eigenvalue weighted by Gasteiger charge is 2.61. The number of halogens is 3. The Morgan fingerprint density at radius 1 is 1.15 bits per heavy atom. The molecule has 4 aromatic rings. The van der Waals surface area contributed by atoms with Crippen LogP contribution in [-0.2, 0) is 4.79 Å². The van der Waals surface area contributed by atoms with Crippen LogP contribution in [0.15, 0.2) is 36.4 Å². The highest BCUT2D eigenvalue weighted by atomic mass is 127. The van der Waals surface area contributed by atoms with E-state index in [2.05, 4.69) is 60.1 Å². The number of amides is 1. The highest BCUT2D eigenvalue weighted by molar-refractivity contribution is 14.1. The number of H-pyrrole nitrogens is 2. The fourth-order valence-electron chi connectivity index (χ4n) is 4.41. The van der Waals surface area contributed by atoms with Crippen LogP contribution in [0.1, 0.15) is 19.3 Å². The second-order valence-electron chi connectivity index (χ2n) is 8.79. The summed E-state index contributed by atoms with van der Waals surface area (Å²) < 4.78 is 27.2. The predicted octanol–water partition coefficient (Wildman–Crippen LogP) is 5.10. The number of imidazole rings is 1. The molecule has 2 aliphatic rings. The molecule has 1 amide bonds. The third-order valence-electron chi connectivity index (χ3n) is 6.45. The van der Waals surface area contributed by atoms with Crippen molar-refractivity contribution in [1.29, 1.82) is 0 Å². The van der Waals surface area contributed by atoms with E-state index in [-0.39, 0.29) is 0 Å². The zero-order valence-corrected chi connectivity index (χ0v) is 19.7. The maximum atomic E-state index is 13.2. The summed E-state index contributed by atoms with van der Waals surface area (Å²) in [5.41, 5.74) is 4.78. The third kappa shape index (κ3) is 3.83. The number of alkyl halides is 3. The quantitative estimate of drug-likeness (QED) is 0.239. The lowest BCUT2D eigenvalue weighted by atomic mass is 10.1. The minimum Gasteiger partial charge on any atom is -0.371 e. The van der Waals surface area contributed by atoms with Crippen LogP contribution in [0.25, 0.3) is 33.5 Å². The molecule has 7 nitrogen and oxygen atoms in total. The van der Waals surface area contributed by atoms with Crippen molar-refractivity contribution in [2.75, 3.05) is 23.3 Å². The number of carbonyl (C=O) groups is 1. The highest BCUT2D eigenvalue weighted by Crippen LogP contribution is 2.49. The molecule has 0 radical (unpaired) electrons. The lowest BCUT2D eigenvalue weighted by Gasteiger charge is -2.31. The van der Waals surface area contributed by atoms with Gasteiger partial charge in [0.15, 0.2) is 5.82 Å². The molecule has 2 aromatic carbocycles. The molecular weight excluding hydrogens is 541 g/mol. The van der Waals surface area contributed by atoms with Crippen molar-refractivity contribution in [2.24, 2.45) is 5.92 Å². The summed E-state index contributed by atoms with van der Waals surface area (Å²) in [5.74, 6) is -4.19. The maximum absolute atomic E-state index is 13.2. The van der Waals surface area contributed by atoms with Crippen molar-refractivity contribution in [3.63, 3.8) is 0 Å². The number of benzene rings is 2. The molecule has 1 saturated carbocycles. The minimum atomic E-state index is -2.89. The molecule has 1 saturated heterocycles. The summed E-state index contributed by atoms with van der Waals surface area (Å²) in [5, 5.41) is 10.7. The number of carbonyl (C=O) groups excluding carboxylic acids is 1. The number of hydrogen-bond acceptors (Lipinski definition) is 4. The fraction of sp³-hybridized carbons (Fsp3) is 0.348. The minimum absolute atomic E-state index is 0.394. The molecule has 33 heavy (non-hydrogen) atoms. The Bertz CT molecular complexity index is 1370. The van der Waals surface area contributed by atoms with Gasteiger partial charge in [-0.2, -0.15) is 5.10 Å². The number of fused-ring (bicyclic) bond motifs is 2. The van der Waals surface area contributed by atoms with E-state index in [1.165, 1.54) is 18.5 Å². The Morgan fingerprint density at radius 3 is 2.70 bits per heavy atom. The number of piperidine rings is 1. The molecular formula is C23H21F2IN6O. The summed E-state index contributed by atoms with van der Waals surface area (Å²) >= 11 is 2.52. The van der Waals surface area contributed by atoms with Gasteiger partial charge in [-0.3, -0.25) is 9.89 Å². The first-order valence-electron chi connectivity index (χ1n) is 10.9. The van der Waals surface area contributed by atoms with Gasteiger partial charge in [-0.05, 0) is 49.2 Å². The van der Waals surface area contributed by atoms with E-state index in [0.717, 1.165) is 39.0 Å². The summed E-state index contributed by atoms with van der Waals surface area (Å²) in [7, 11) is 0. The molecule has 1 atom stereocenters. The van der Waals surface area contributed by atoms with Crippen LogP contribution in [0, 0.1) is 5.92 Å². The van der Waals surface area contributed by atoms with Gasteiger partial charge in [0.2, 0.25) is 5.91 Å². The first kappa shape index (κ1) is 20.8. The van der Waals surface area contributed by atoms with Crippen molar-refractivity contribution in [2.45, 2.75) is 29.1 Å². The van der Waals surface area contributed by atoms with E-state index in [1.807, 2.05) is 6.07 Å². The second-order valence-corrected chi connectivity index (χ2v) is 10.5. The molecule has 3 N–H and O–H groups in total. The van der Waals surface area contributed by atoms with Crippen LogP contribution in [0.4, 0.5) is 20.2 Å². The van der Waals surface area contributed by atoms with Gasteiger partial charge in [-0.15, -0.1) is 0 Å². The van der Waals surface area contributed by atoms with Gasteiger partial charge in [0.25, 0.3) is 5.92 Å².